The largest absolute Gasteiger partial charge is 0.493 e. The molecule has 0 atom stereocenters. The third-order valence-electron chi connectivity index (χ3n) is 3.15. The Morgan fingerprint density at radius 1 is 1.09 bits per heavy atom. The second kappa shape index (κ2) is 7.14. The van der Waals surface area contributed by atoms with Crippen molar-refractivity contribution in [3.63, 3.8) is 0 Å². The summed E-state index contributed by atoms with van der Waals surface area (Å²) >= 11 is 3.89. The number of thioether (sulfide) groups is 2. The Kier molecular flexibility index (Phi) is 4.97. The molecule has 1 saturated heterocycles. The summed E-state index contributed by atoms with van der Waals surface area (Å²) in [5.41, 5.74) is 12.3. The monoisotopic (exact) mass is 351 g/mol. The fourth-order valence-electron chi connectivity index (χ4n) is 2.16. The number of hydrogen-bond acceptors (Lipinski definition) is 9. The smallest absolute Gasteiger partial charge is 0.225 e. The number of aromatic nitrogens is 3. The van der Waals surface area contributed by atoms with E-state index in [0.717, 1.165) is 0 Å². The molecule has 0 saturated carbocycles. The lowest BCUT2D eigenvalue weighted by Crippen LogP contribution is -2.09. The molecule has 122 valence electrons. The number of hydrogen-bond donors (Lipinski definition) is 2. The second-order valence-electron chi connectivity index (χ2n) is 4.74. The number of rotatable bonds is 5. The average molecular weight is 351 g/mol. The zero-order chi connectivity index (χ0) is 16.2. The predicted molar refractivity (Wildman–Crippen MR) is 93.6 cm³/mol. The molecular weight excluding hydrogens is 334 g/mol. The first-order chi connectivity index (χ1) is 11.2. The van der Waals surface area contributed by atoms with Crippen molar-refractivity contribution >= 4 is 35.4 Å². The molecule has 1 aliphatic heterocycles. The number of methoxy groups -OCH3 is 1. The van der Waals surface area contributed by atoms with Crippen molar-refractivity contribution < 1.29 is 9.47 Å². The van der Waals surface area contributed by atoms with Crippen molar-refractivity contribution in [1.82, 2.24) is 15.0 Å². The standard InChI is InChI=1S/C14H17N5O2S2/c1-20-10-6-8(12-22-4-5-23-12)2-3-9(10)21-7-11-17-13(15)19-14(16)18-11/h2-3,6,12H,4-5,7H2,1H3,(H4,15,16,17,18,19). The van der Waals surface area contributed by atoms with E-state index >= 15 is 0 Å². The third kappa shape index (κ3) is 3.91. The van der Waals surface area contributed by atoms with E-state index in [1.807, 2.05) is 35.7 Å². The number of anilines is 2. The second-order valence-corrected chi connectivity index (χ2v) is 7.46. The van der Waals surface area contributed by atoms with Crippen LogP contribution >= 0.6 is 23.5 Å². The summed E-state index contributed by atoms with van der Waals surface area (Å²) < 4.78 is 11.6. The summed E-state index contributed by atoms with van der Waals surface area (Å²) in [5.74, 6) is 4.20. The van der Waals surface area contributed by atoms with Crippen molar-refractivity contribution in [3.05, 3.63) is 29.6 Å². The summed E-state index contributed by atoms with van der Waals surface area (Å²) in [6.45, 7) is 0.138. The SMILES string of the molecule is COc1cc(C2SCCS2)ccc1OCc1nc(N)nc(N)n1. The number of nitrogen functional groups attached to an aromatic ring is 2. The summed E-state index contributed by atoms with van der Waals surface area (Å²) in [6.07, 6.45) is 0. The molecule has 0 amide bonds. The molecule has 1 fully saturated rings. The molecule has 1 aromatic carbocycles. The van der Waals surface area contributed by atoms with Gasteiger partial charge in [-0.3, -0.25) is 0 Å². The van der Waals surface area contributed by atoms with Crippen molar-refractivity contribution in [1.29, 1.82) is 0 Å². The molecule has 0 aliphatic carbocycles. The molecular formula is C14H17N5O2S2. The van der Waals surface area contributed by atoms with Gasteiger partial charge in [-0.1, -0.05) is 6.07 Å². The van der Waals surface area contributed by atoms with Crippen molar-refractivity contribution in [2.75, 3.05) is 30.1 Å². The van der Waals surface area contributed by atoms with Crippen molar-refractivity contribution in [2.24, 2.45) is 0 Å². The van der Waals surface area contributed by atoms with Crippen LogP contribution in [0.15, 0.2) is 18.2 Å². The molecule has 0 radical (unpaired) electrons. The molecule has 7 nitrogen and oxygen atoms in total. The topological polar surface area (TPSA) is 109 Å². The van der Waals surface area contributed by atoms with Crippen LogP contribution in [0.5, 0.6) is 11.5 Å². The maximum absolute atomic E-state index is 5.74. The molecule has 4 N–H and O–H groups in total. The third-order valence-corrected chi connectivity index (χ3v) is 6.26. The highest BCUT2D eigenvalue weighted by atomic mass is 32.2. The van der Waals surface area contributed by atoms with Crippen LogP contribution in [0.25, 0.3) is 0 Å². The Hall–Kier alpha value is -1.87. The Morgan fingerprint density at radius 2 is 1.78 bits per heavy atom. The van der Waals surface area contributed by atoms with Gasteiger partial charge in [-0.15, -0.1) is 23.5 Å². The summed E-state index contributed by atoms with van der Waals surface area (Å²) in [5, 5.41) is 0. The van der Waals surface area contributed by atoms with Crippen LogP contribution in [-0.4, -0.2) is 33.6 Å². The highest BCUT2D eigenvalue weighted by molar-refractivity contribution is 8.19. The van der Waals surface area contributed by atoms with Gasteiger partial charge in [0.2, 0.25) is 11.9 Å². The lowest BCUT2D eigenvalue weighted by molar-refractivity contribution is 0.276. The predicted octanol–water partition coefficient (Wildman–Crippen LogP) is 2.10. The van der Waals surface area contributed by atoms with Crippen LogP contribution in [-0.2, 0) is 6.61 Å². The Labute approximate surface area is 142 Å². The normalized spacial score (nSPS) is 14.8. The van der Waals surface area contributed by atoms with E-state index in [-0.39, 0.29) is 18.5 Å². The molecule has 0 bridgehead atoms. The van der Waals surface area contributed by atoms with E-state index in [9.17, 15) is 0 Å². The first kappa shape index (κ1) is 16.0. The molecule has 2 aromatic rings. The lowest BCUT2D eigenvalue weighted by Gasteiger charge is -2.14. The van der Waals surface area contributed by atoms with Crippen molar-refractivity contribution in [2.45, 2.75) is 11.2 Å². The van der Waals surface area contributed by atoms with Crippen LogP contribution in [0.2, 0.25) is 0 Å². The summed E-state index contributed by atoms with van der Waals surface area (Å²) in [4.78, 5) is 11.7. The minimum absolute atomic E-state index is 0.0775. The molecule has 9 heteroatoms. The molecule has 0 spiro atoms. The highest BCUT2D eigenvalue weighted by Crippen LogP contribution is 2.46. The molecule has 23 heavy (non-hydrogen) atoms. The van der Waals surface area contributed by atoms with E-state index in [0.29, 0.717) is 21.9 Å². The number of ether oxygens (including phenoxy) is 2. The van der Waals surface area contributed by atoms with Crippen LogP contribution in [0, 0.1) is 0 Å². The first-order valence-corrected chi connectivity index (χ1v) is 9.05. The van der Waals surface area contributed by atoms with Gasteiger partial charge in [-0.25, -0.2) is 0 Å². The fourth-order valence-corrected chi connectivity index (χ4v) is 5.00. The molecule has 1 aliphatic rings. The maximum atomic E-state index is 5.74. The zero-order valence-corrected chi connectivity index (χ0v) is 14.2. The van der Waals surface area contributed by atoms with Crippen LogP contribution in [0.3, 0.4) is 0 Å². The van der Waals surface area contributed by atoms with Crippen molar-refractivity contribution in [3.8, 4) is 11.5 Å². The van der Waals surface area contributed by atoms with E-state index in [2.05, 4.69) is 21.0 Å². The van der Waals surface area contributed by atoms with Crippen LogP contribution in [0.1, 0.15) is 16.0 Å². The first-order valence-electron chi connectivity index (χ1n) is 6.95. The quantitative estimate of drug-likeness (QED) is 0.836. The minimum Gasteiger partial charge on any atom is -0.493 e. The number of nitrogens with two attached hydrogens (primary N) is 2. The molecule has 0 unspecified atom stereocenters. The molecule has 2 heterocycles. The minimum atomic E-state index is 0.0775. The van der Waals surface area contributed by atoms with E-state index in [4.69, 9.17) is 20.9 Å². The van der Waals surface area contributed by atoms with Gasteiger partial charge >= 0.3 is 0 Å². The number of nitrogens with zero attached hydrogens (tertiary/aromatic N) is 3. The lowest BCUT2D eigenvalue weighted by atomic mass is 10.2. The Bertz CT molecular complexity index is 675. The number of benzene rings is 1. The van der Waals surface area contributed by atoms with Gasteiger partial charge in [0.15, 0.2) is 17.3 Å². The average Bonchev–Trinajstić information content (AvgIpc) is 3.06. The van der Waals surface area contributed by atoms with Gasteiger partial charge in [0.1, 0.15) is 6.61 Å². The van der Waals surface area contributed by atoms with E-state index in [1.165, 1.54) is 17.1 Å². The molecule has 3 rings (SSSR count). The van der Waals surface area contributed by atoms with Gasteiger partial charge in [0.25, 0.3) is 0 Å². The van der Waals surface area contributed by atoms with Crippen LogP contribution < -0.4 is 20.9 Å². The zero-order valence-electron chi connectivity index (χ0n) is 12.6. The highest BCUT2D eigenvalue weighted by Gasteiger charge is 2.20. The summed E-state index contributed by atoms with van der Waals surface area (Å²) in [6, 6.07) is 5.98. The Balaban J connectivity index is 1.74. The van der Waals surface area contributed by atoms with E-state index < -0.39 is 0 Å². The summed E-state index contributed by atoms with van der Waals surface area (Å²) in [7, 11) is 1.62. The van der Waals surface area contributed by atoms with Gasteiger partial charge in [-0.05, 0) is 17.7 Å². The van der Waals surface area contributed by atoms with Gasteiger partial charge in [0, 0.05) is 11.5 Å². The van der Waals surface area contributed by atoms with Gasteiger partial charge in [0.05, 0.1) is 11.7 Å². The fraction of sp³-hybridized carbons (Fsp3) is 0.357. The maximum Gasteiger partial charge on any atom is 0.225 e. The van der Waals surface area contributed by atoms with Gasteiger partial charge in [-0.2, -0.15) is 15.0 Å². The van der Waals surface area contributed by atoms with Crippen LogP contribution in [0.4, 0.5) is 11.9 Å². The van der Waals surface area contributed by atoms with E-state index in [1.54, 1.807) is 7.11 Å². The Morgan fingerprint density at radius 3 is 2.43 bits per heavy atom. The molecule has 1 aromatic heterocycles. The van der Waals surface area contributed by atoms with Gasteiger partial charge < -0.3 is 20.9 Å².